The van der Waals surface area contributed by atoms with Crippen LogP contribution in [-0.4, -0.2) is 75.1 Å². The molecule has 1 aliphatic carbocycles. The van der Waals surface area contributed by atoms with Crippen LogP contribution in [-0.2, 0) is 16.1 Å². The monoisotopic (exact) mass is 428 g/mol. The summed E-state index contributed by atoms with van der Waals surface area (Å²) in [6.45, 7) is 5.70. The second-order valence-electron chi connectivity index (χ2n) is 8.12. The molecule has 1 aliphatic heterocycles. The highest BCUT2D eigenvalue weighted by molar-refractivity contribution is 7.71. The molecule has 1 aromatic heterocycles. The minimum atomic E-state index is 0.0928. The predicted octanol–water partition coefficient (Wildman–Crippen LogP) is 1.73. The van der Waals surface area contributed by atoms with E-state index in [2.05, 4.69) is 20.4 Å². The van der Waals surface area contributed by atoms with Crippen molar-refractivity contribution in [2.24, 2.45) is 0 Å². The lowest BCUT2D eigenvalue weighted by Crippen LogP contribution is -2.51. The van der Waals surface area contributed by atoms with Crippen LogP contribution >= 0.6 is 12.2 Å². The van der Waals surface area contributed by atoms with Crippen LogP contribution in [0.3, 0.4) is 0 Å². The molecule has 0 radical (unpaired) electrons. The van der Waals surface area contributed by atoms with Gasteiger partial charge >= 0.3 is 0 Å². The van der Waals surface area contributed by atoms with E-state index in [0.29, 0.717) is 43.4 Å². The summed E-state index contributed by atoms with van der Waals surface area (Å²) in [5.74, 6) is 0.949. The highest BCUT2D eigenvalue weighted by atomic mass is 32.1. The first-order chi connectivity index (χ1) is 14.5. The molecule has 160 valence electrons. The Hall–Kier alpha value is -2.52. The number of aryl methyl sites for hydroxylation is 1. The van der Waals surface area contributed by atoms with Crippen LogP contribution in [0, 0.1) is 11.7 Å². The van der Waals surface area contributed by atoms with E-state index >= 15 is 0 Å². The standard InChI is InChI=1S/C21H28N6O2S/c1-15-2-4-16(5-3-15)20-23-24-21(30)27(20)9-8-19(29)26-12-10-25(11-13-26)14-18(28)22-17-6-7-17/h2-5,17H,6-14H2,1H3,(H,22,28)(H,24,30). The molecule has 0 unspecified atom stereocenters. The molecule has 2 N–H and O–H groups in total. The van der Waals surface area contributed by atoms with Gasteiger partial charge in [0.05, 0.1) is 6.54 Å². The number of nitrogens with zero attached hydrogens (tertiary/aromatic N) is 4. The number of carbonyl (C=O) groups excluding carboxylic acids is 2. The fraction of sp³-hybridized carbons (Fsp3) is 0.524. The Balaban J connectivity index is 1.28. The summed E-state index contributed by atoms with van der Waals surface area (Å²) in [7, 11) is 0. The lowest BCUT2D eigenvalue weighted by atomic mass is 10.1. The summed E-state index contributed by atoms with van der Waals surface area (Å²) < 4.78 is 2.40. The molecule has 30 heavy (non-hydrogen) atoms. The van der Waals surface area contributed by atoms with Gasteiger partial charge in [-0.3, -0.25) is 24.2 Å². The first kappa shape index (κ1) is 20.7. The maximum atomic E-state index is 12.7. The number of benzene rings is 1. The van der Waals surface area contributed by atoms with Gasteiger partial charge in [-0.2, -0.15) is 5.10 Å². The number of piperazine rings is 1. The van der Waals surface area contributed by atoms with Gasteiger partial charge in [0.15, 0.2) is 10.6 Å². The summed E-state index contributed by atoms with van der Waals surface area (Å²) >= 11 is 5.37. The van der Waals surface area contributed by atoms with Crippen molar-refractivity contribution in [3.8, 4) is 11.4 Å². The number of rotatable bonds is 7. The molecule has 0 bridgehead atoms. The maximum absolute atomic E-state index is 12.7. The van der Waals surface area contributed by atoms with Gasteiger partial charge in [0, 0.05) is 50.7 Å². The minimum Gasteiger partial charge on any atom is -0.352 e. The second-order valence-corrected chi connectivity index (χ2v) is 8.51. The zero-order valence-corrected chi connectivity index (χ0v) is 18.1. The lowest BCUT2D eigenvalue weighted by molar-refractivity contribution is -0.133. The molecule has 2 amide bonds. The molecule has 0 spiro atoms. The third-order valence-electron chi connectivity index (χ3n) is 5.65. The molecular formula is C21H28N6O2S. The molecule has 1 saturated heterocycles. The van der Waals surface area contributed by atoms with E-state index < -0.39 is 0 Å². The van der Waals surface area contributed by atoms with E-state index in [1.54, 1.807) is 0 Å². The Kier molecular flexibility index (Phi) is 6.29. The number of hydrogen-bond acceptors (Lipinski definition) is 5. The molecule has 0 atom stereocenters. The number of carbonyl (C=O) groups is 2. The fourth-order valence-electron chi connectivity index (χ4n) is 3.67. The van der Waals surface area contributed by atoms with Crippen molar-refractivity contribution in [2.45, 2.75) is 38.8 Å². The smallest absolute Gasteiger partial charge is 0.234 e. The van der Waals surface area contributed by atoms with Gasteiger partial charge in [0.2, 0.25) is 11.8 Å². The molecule has 1 saturated carbocycles. The van der Waals surface area contributed by atoms with Gasteiger partial charge in [0.1, 0.15) is 0 Å². The third kappa shape index (κ3) is 5.14. The van der Waals surface area contributed by atoms with E-state index in [0.717, 1.165) is 37.3 Å². The van der Waals surface area contributed by atoms with Crippen LogP contribution in [0.4, 0.5) is 0 Å². The van der Waals surface area contributed by atoms with Gasteiger partial charge in [0.25, 0.3) is 0 Å². The summed E-state index contributed by atoms with van der Waals surface area (Å²) in [6, 6.07) is 8.48. The average molecular weight is 429 g/mol. The van der Waals surface area contributed by atoms with E-state index in [9.17, 15) is 9.59 Å². The van der Waals surface area contributed by atoms with Crippen LogP contribution < -0.4 is 5.32 Å². The molecule has 1 aromatic carbocycles. The summed E-state index contributed by atoms with van der Waals surface area (Å²) in [4.78, 5) is 28.7. The molecule has 4 rings (SSSR count). The molecule has 2 heterocycles. The Morgan fingerprint density at radius 3 is 2.53 bits per heavy atom. The summed E-state index contributed by atoms with van der Waals surface area (Å²) in [6.07, 6.45) is 2.57. The first-order valence-electron chi connectivity index (χ1n) is 10.5. The molecule has 2 aliphatic rings. The van der Waals surface area contributed by atoms with Crippen LogP contribution in [0.2, 0.25) is 0 Å². The Bertz CT molecular complexity index is 955. The third-order valence-corrected chi connectivity index (χ3v) is 5.96. The van der Waals surface area contributed by atoms with Gasteiger partial charge in [-0.25, -0.2) is 0 Å². The van der Waals surface area contributed by atoms with Crippen molar-refractivity contribution in [1.82, 2.24) is 29.9 Å². The predicted molar refractivity (Wildman–Crippen MR) is 116 cm³/mol. The van der Waals surface area contributed by atoms with E-state index in [1.165, 1.54) is 5.56 Å². The number of amides is 2. The van der Waals surface area contributed by atoms with Crippen molar-refractivity contribution in [3.05, 3.63) is 34.6 Å². The Morgan fingerprint density at radius 1 is 1.17 bits per heavy atom. The largest absolute Gasteiger partial charge is 0.352 e. The molecule has 8 nitrogen and oxygen atoms in total. The number of hydrogen-bond donors (Lipinski definition) is 2. The maximum Gasteiger partial charge on any atom is 0.234 e. The minimum absolute atomic E-state index is 0.0928. The van der Waals surface area contributed by atoms with Crippen molar-refractivity contribution in [1.29, 1.82) is 0 Å². The zero-order chi connectivity index (χ0) is 21.1. The van der Waals surface area contributed by atoms with E-state index in [4.69, 9.17) is 12.2 Å². The first-order valence-corrected chi connectivity index (χ1v) is 10.9. The normalized spacial score (nSPS) is 17.2. The fourth-order valence-corrected chi connectivity index (χ4v) is 3.90. The molecule has 2 aromatic rings. The lowest BCUT2D eigenvalue weighted by Gasteiger charge is -2.34. The summed E-state index contributed by atoms with van der Waals surface area (Å²) in [5, 5.41) is 10.2. The SMILES string of the molecule is Cc1ccc(-c2n[nH]c(=S)n2CCC(=O)N2CCN(CC(=O)NC3CC3)CC2)cc1. The quantitative estimate of drug-likeness (QED) is 0.656. The van der Waals surface area contributed by atoms with Crippen LogP contribution in [0.15, 0.2) is 24.3 Å². The molecular weight excluding hydrogens is 400 g/mol. The Labute approximate surface area is 181 Å². The number of aromatic amines is 1. The van der Waals surface area contributed by atoms with E-state index in [-0.39, 0.29) is 11.8 Å². The number of aromatic nitrogens is 3. The average Bonchev–Trinajstić information content (AvgIpc) is 3.47. The number of nitrogens with one attached hydrogen (secondary N) is 2. The van der Waals surface area contributed by atoms with Crippen LogP contribution in [0.5, 0.6) is 0 Å². The van der Waals surface area contributed by atoms with Gasteiger partial charge in [-0.1, -0.05) is 29.8 Å². The van der Waals surface area contributed by atoms with Gasteiger partial charge < -0.3 is 10.2 Å². The highest BCUT2D eigenvalue weighted by Gasteiger charge is 2.26. The van der Waals surface area contributed by atoms with E-state index in [1.807, 2.05) is 40.7 Å². The summed E-state index contributed by atoms with van der Waals surface area (Å²) in [5.41, 5.74) is 2.15. The van der Waals surface area contributed by atoms with Crippen molar-refractivity contribution in [3.63, 3.8) is 0 Å². The van der Waals surface area contributed by atoms with Crippen molar-refractivity contribution < 1.29 is 9.59 Å². The van der Waals surface area contributed by atoms with Crippen LogP contribution in [0.1, 0.15) is 24.8 Å². The zero-order valence-electron chi connectivity index (χ0n) is 17.3. The number of H-pyrrole nitrogens is 1. The molecule has 2 fully saturated rings. The Morgan fingerprint density at radius 2 is 1.87 bits per heavy atom. The van der Waals surface area contributed by atoms with Crippen molar-refractivity contribution in [2.75, 3.05) is 32.7 Å². The van der Waals surface area contributed by atoms with Crippen LogP contribution in [0.25, 0.3) is 11.4 Å². The second kappa shape index (κ2) is 9.09. The highest BCUT2D eigenvalue weighted by Crippen LogP contribution is 2.19. The van der Waals surface area contributed by atoms with Crippen molar-refractivity contribution >= 4 is 24.0 Å². The molecule has 9 heteroatoms. The topological polar surface area (TPSA) is 86.3 Å². The van der Waals surface area contributed by atoms with Gasteiger partial charge in [-0.05, 0) is 32.0 Å². The van der Waals surface area contributed by atoms with Gasteiger partial charge in [-0.15, -0.1) is 0 Å².